The Labute approximate surface area is 327 Å². The molecule has 0 aliphatic heterocycles. The summed E-state index contributed by atoms with van der Waals surface area (Å²) in [6.45, 7) is 11.6. The second-order valence-electron chi connectivity index (χ2n) is 16.2. The highest BCUT2D eigenvalue weighted by Crippen LogP contribution is 2.54. The fraction of sp³-hybridized carbons (Fsp3) is 0.245. The van der Waals surface area contributed by atoms with E-state index in [0.717, 1.165) is 24.9 Å². The summed E-state index contributed by atoms with van der Waals surface area (Å²) in [4.78, 5) is 2.41. The third-order valence-electron chi connectivity index (χ3n) is 12.3. The lowest BCUT2D eigenvalue weighted by Crippen LogP contribution is -2.17. The highest BCUT2D eigenvalue weighted by molar-refractivity contribution is 6.13. The first-order valence-corrected chi connectivity index (χ1v) is 20.6. The van der Waals surface area contributed by atoms with Crippen molar-refractivity contribution in [1.82, 2.24) is 4.57 Å². The van der Waals surface area contributed by atoms with E-state index in [4.69, 9.17) is 0 Å². The summed E-state index contributed by atoms with van der Waals surface area (Å²) >= 11 is 0. The van der Waals surface area contributed by atoms with Gasteiger partial charge in [-0.05, 0) is 143 Å². The molecule has 0 saturated heterocycles. The van der Waals surface area contributed by atoms with Crippen molar-refractivity contribution in [3.63, 3.8) is 0 Å². The van der Waals surface area contributed by atoms with Crippen molar-refractivity contribution >= 4 is 49.6 Å². The van der Waals surface area contributed by atoms with Gasteiger partial charge < -0.3 is 9.47 Å². The van der Waals surface area contributed by atoms with Gasteiger partial charge in [-0.2, -0.15) is 0 Å². The zero-order valence-corrected chi connectivity index (χ0v) is 33.1. The minimum Gasteiger partial charge on any atom is -0.310 e. The van der Waals surface area contributed by atoms with Gasteiger partial charge in [0.05, 0.1) is 16.7 Å². The third kappa shape index (κ3) is 5.94. The minimum atomic E-state index is -0.215. The summed E-state index contributed by atoms with van der Waals surface area (Å²) in [6, 6.07) is 53.2. The molecule has 8 aromatic rings. The smallest absolute Gasteiger partial charge is 0.0544 e. The quantitative estimate of drug-likeness (QED) is 0.129. The molecule has 9 rings (SSSR count). The molecule has 0 amide bonds. The lowest BCUT2D eigenvalue weighted by molar-refractivity contribution is 0.660. The molecule has 55 heavy (non-hydrogen) atoms. The van der Waals surface area contributed by atoms with Crippen LogP contribution in [0.15, 0.2) is 140 Å². The first-order chi connectivity index (χ1) is 26.9. The molecule has 0 N–H and O–H groups in total. The summed E-state index contributed by atoms with van der Waals surface area (Å²) in [5, 5.41) is 5.34. The molecule has 274 valence electrons. The normalized spacial score (nSPS) is 13.1. The van der Waals surface area contributed by atoms with Crippen LogP contribution in [0.2, 0.25) is 0 Å². The number of unbranched alkanes of at least 4 members (excludes halogenated alkanes) is 2. The summed E-state index contributed by atoms with van der Waals surface area (Å²) in [5.41, 5.74) is 16.8. The molecule has 0 radical (unpaired) electrons. The summed E-state index contributed by atoms with van der Waals surface area (Å²) < 4.78 is 2.57. The van der Waals surface area contributed by atoms with Crippen LogP contribution in [0, 0.1) is 0 Å². The van der Waals surface area contributed by atoms with Gasteiger partial charge in [-0.1, -0.05) is 120 Å². The SMILES string of the molecule is CCCCc1ccc2c(c1)c1cc(CCCC)ccc1n2-c1cc2c(c3ccccc13)-c1ccc(N(c3ccccc3)c3ccc(CC)cc3)cc1C2(C)C. The van der Waals surface area contributed by atoms with Crippen LogP contribution in [-0.2, 0) is 24.7 Å². The number of benzene rings is 7. The van der Waals surface area contributed by atoms with Crippen LogP contribution < -0.4 is 4.90 Å². The van der Waals surface area contributed by atoms with Crippen LogP contribution in [0.3, 0.4) is 0 Å². The molecule has 1 aliphatic carbocycles. The van der Waals surface area contributed by atoms with E-state index in [1.807, 2.05) is 0 Å². The van der Waals surface area contributed by atoms with Crippen molar-refractivity contribution < 1.29 is 0 Å². The van der Waals surface area contributed by atoms with E-state index in [2.05, 4.69) is 184 Å². The molecule has 0 saturated carbocycles. The van der Waals surface area contributed by atoms with Gasteiger partial charge in [0, 0.05) is 38.6 Å². The van der Waals surface area contributed by atoms with E-state index in [1.165, 1.54) is 114 Å². The Bertz CT molecular complexity index is 2610. The molecule has 7 aromatic carbocycles. The number of hydrogen-bond acceptors (Lipinski definition) is 1. The van der Waals surface area contributed by atoms with Crippen molar-refractivity contribution in [1.29, 1.82) is 0 Å². The second kappa shape index (κ2) is 14.2. The largest absolute Gasteiger partial charge is 0.310 e. The zero-order chi connectivity index (χ0) is 37.7. The number of nitrogens with zero attached hydrogens (tertiary/aromatic N) is 2. The van der Waals surface area contributed by atoms with E-state index in [1.54, 1.807) is 0 Å². The Morgan fingerprint density at radius 3 is 1.67 bits per heavy atom. The third-order valence-corrected chi connectivity index (χ3v) is 12.3. The standard InChI is InChI=1S/C53H52N2/c1-6-9-16-37-24-30-49-45(32-37)46-33-38(17-10-7-2)25-31-50(46)55(49)51-35-48-52(43-21-15-14-20-42(43)51)44-29-28-41(34-47(44)53(48,4)5)54(39-18-12-11-13-19-39)40-26-22-36(8-3)23-27-40/h11-15,18-35H,6-10,16-17H2,1-5H3. The topological polar surface area (TPSA) is 8.17 Å². The van der Waals surface area contributed by atoms with E-state index in [-0.39, 0.29) is 5.41 Å². The Balaban J connectivity index is 1.25. The van der Waals surface area contributed by atoms with Crippen molar-refractivity contribution in [2.45, 2.75) is 85.0 Å². The van der Waals surface area contributed by atoms with Crippen LogP contribution in [0.25, 0.3) is 49.4 Å². The molecule has 0 unspecified atom stereocenters. The number of hydrogen-bond donors (Lipinski definition) is 0. The highest BCUT2D eigenvalue weighted by atomic mass is 15.1. The molecule has 1 aromatic heterocycles. The first kappa shape index (κ1) is 35.1. The Kier molecular flexibility index (Phi) is 9.09. The molecule has 2 heteroatoms. The fourth-order valence-electron chi connectivity index (χ4n) is 9.23. The van der Waals surface area contributed by atoms with Gasteiger partial charge in [-0.3, -0.25) is 0 Å². The lowest BCUT2D eigenvalue weighted by Gasteiger charge is -2.28. The molecule has 1 heterocycles. The predicted octanol–water partition coefficient (Wildman–Crippen LogP) is 15.0. The molecule has 0 spiro atoms. The molecule has 0 fully saturated rings. The average Bonchev–Trinajstić information content (AvgIpc) is 3.66. The molecule has 1 aliphatic rings. The van der Waals surface area contributed by atoms with Crippen LogP contribution in [0.4, 0.5) is 17.1 Å². The molecule has 0 atom stereocenters. The summed E-state index contributed by atoms with van der Waals surface area (Å²) in [7, 11) is 0. The Hall–Kier alpha value is -5.60. The van der Waals surface area contributed by atoms with E-state index < -0.39 is 0 Å². The van der Waals surface area contributed by atoms with E-state index in [9.17, 15) is 0 Å². The minimum absolute atomic E-state index is 0.215. The molecule has 0 bridgehead atoms. The monoisotopic (exact) mass is 716 g/mol. The van der Waals surface area contributed by atoms with Crippen LogP contribution in [-0.4, -0.2) is 4.57 Å². The van der Waals surface area contributed by atoms with Crippen molar-refractivity contribution in [3.05, 3.63) is 167 Å². The maximum Gasteiger partial charge on any atom is 0.0544 e. The maximum atomic E-state index is 2.57. The fourth-order valence-corrected chi connectivity index (χ4v) is 9.23. The first-order valence-electron chi connectivity index (χ1n) is 20.6. The van der Waals surface area contributed by atoms with Crippen LogP contribution in [0.5, 0.6) is 0 Å². The number of fused-ring (bicyclic) bond motifs is 8. The maximum absolute atomic E-state index is 2.57. The Morgan fingerprint density at radius 2 is 1.05 bits per heavy atom. The summed E-state index contributed by atoms with van der Waals surface area (Å²) in [6.07, 6.45) is 8.12. The second-order valence-corrected chi connectivity index (χ2v) is 16.2. The van der Waals surface area contributed by atoms with Crippen molar-refractivity contribution in [3.8, 4) is 16.8 Å². The van der Waals surface area contributed by atoms with Crippen molar-refractivity contribution in [2.24, 2.45) is 0 Å². The average molecular weight is 717 g/mol. The van der Waals surface area contributed by atoms with Gasteiger partial charge in [-0.25, -0.2) is 0 Å². The van der Waals surface area contributed by atoms with E-state index in [0.29, 0.717) is 0 Å². The predicted molar refractivity (Wildman–Crippen MR) is 237 cm³/mol. The number of anilines is 3. The number of aromatic nitrogens is 1. The van der Waals surface area contributed by atoms with Crippen LogP contribution >= 0.6 is 0 Å². The number of rotatable bonds is 11. The van der Waals surface area contributed by atoms with Gasteiger partial charge in [0.2, 0.25) is 0 Å². The molecular weight excluding hydrogens is 665 g/mol. The number of aryl methyl sites for hydroxylation is 3. The highest BCUT2D eigenvalue weighted by Gasteiger charge is 2.38. The number of para-hydroxylation sites is 1. The lowest BCUT2D eigenvalue weighted by atomic mass is 9.81. The van der Waals surface area contributed by atoms with E-state index >= 15 is 0 Å². The van der Waals surface area contributed by atoms with Crippen molar-refractivity contribution in [2.75, 3.05) is 4.90 Å². The van der Waals surface area contributed by atoms with Gasteiger partial charge in [0.15, 0.2) is 0 Å². The van der Waals surface area contributed by atoms with Gasteiger partial charge in [0.1, 0.15) is 0 Å². The van der Waals surface area contributed by atoms with Crippen LogP contribution in [0.1, 0.15) is 88.1 Å². The Morgan fingerprint density at radius 1 is 0.491 bits per heavy atom. The van der Waals surface area contributed by atoms with Gasteiger partial charge >= 0.3 is 0 Å². The molecule has 2 nitrogen and oxygen atoms in total. The molecular formula is C53H52N2. The summed E-state index contributed by atoms with van der Waals surface area (Å²) in [5.74, 6) is 0. The van der Waals surface area contributed by atoms with Gasteiger partial charge in [0.25, 0.3) is 0 Å². The van der Waals surface area contributed by atoms with Gasteiger partial charge in [-0.15, -0.1) is 0 Å². The zero-order valence-electron chi connectivity index (χ0n) is 33.1.